The molecule has 7 rings (SSSR count). The lowest BCUT2D eigenvalue weighted by Crippen LogP contribution is -2.54. The molecule has 6 atom stereocenters. The van der Waals surface area contributed by atoms with E-state index in [4.69, 9.17) is 0 Å². The zero-order valence-corrected chi connectivity index (χ0v) is 18.9. The number of halogens is 1. The van der Waals surface area contributed by atoms with Gasteiger partial charge in [-0.25, -0.2) is 0 Å². The molecule has 0 aromatic heterocycles. The van der Waals surface area contributed by atoms with Crippen LogP contribution in [-0.4, -0.2) is 32.1 Å². The van der Waals surface area contributed by atoms with Gasteiger partial charge in [-0.1, -0.05) is 78.9 Å². The summed E-state index contributed by atoms with van der Waals surface area (Å²) in [5, 5.41) is 4.00. The van der Waals surface area contributed by atoms with Crippen LogP contribution in [0.4, 0.5) is 5.69 Å². The highest BCUT2D eigenvalue weighted by Crippen LogP contribution is 2.74. The molecule has 150 valence electrons. The number of nitrogens with zero attached hydrogens (tertiary/aromatic N) is 2. The lowest BCUT2D eigenvalue weighted by molar-refractivity contribution is 0.203. The van der Waals surface area contributed by atoms with E-state index in [1.807, 2.05) is 0 Å². The molecule has 0 aliphatic carbocycles. The van der Waals surface area contributed by atoms with Crippen molar-refractivity contribution in [2.45, 2.75) is 40.2 Å². The van der Waals surface area contributed by atoms with Crippen molar-refractivity contribution in [3.63, 3.8) is 0 Å². The van der Waals surface area contributed by atoms with Crippen LogP contribution in [0.1, 0.15) is 29.2 Å². The summed E-state index contributed by atoms with van der Waals surface area (Å²) in [7, 11) is 0. The first kappa shape index (κ1) is 17.8. The van der Waals surface area contributed by atoms with Crippen molar-refractivity contribution in [2.75, 3.05) is 11.9 Å². The monoisotopic (exact) mass is 505 g/mol. The molecule has 30 heavy (non-hydrogen) atoms. The average Bonchev–Trinajstić information content (AvgIpc) is 3.24. The number of piperidine rings is 1. The Hall–Kier alpha value is -1.89. The first-order valence-electron chi connectivity index (χ1n) is 10.9. The van der Waals surface area contributed by atoms with Crippen LogP contribution in [-0.2, 0) is 12.0 Å². The Bertz CT molecular complexity index is 1120. The standard InChI is InChI=1S/C26H24IN3/c27-26-25(20-13-7-8-14-21(20)28-26)15-16-29(17-18-9-3-1-4-10-18)24(25)23-22(30(23)26)19-11-5-2-6-12-19/h1-14,22-24,28H,15-17H2/t22?,23?,24-,25+,26?,30?/m1/s1. The van der Waals surface area contributed by atoms with Gasteiger partial charge in [0.2, 0.25) is 0 Å². The fraction of sp³-hybridized carbons (Fsp3) is 0.308. The average molecular weight is 505 g/mol. The summed E-state index contributed by atoms with van der Waals surface area (Å²) in [6.45, 7) is 2.19. The van der Waals surface area contributed by atoms with E-state index in [0.717, 1.165) is 13.1 Å². The highest BCUT2D eigenvalue weighted by molar-refractivity contribution is 14.1. The molecule has 3 nitrogen and oxygen atoms in total. The Morgan fingerprint density at radius 3 is 2.40 bits per heavy atom. The van der Waals surface area contributed by atoms with Gasteiger partial charge in [-0.3, -0.25) is 9.80 Å². The van der Waals surface area contributed by atoms with Gasteiger partial charge in [-0.15, -0.1) is 0 Å². The number of anilines is 1. The molecular weight excluding hydrogens is 481 g/mol. The number of hydrogen-bond donors (Lipinski definition) is 1. The normalized spacial score (nSPS) is 37.8. The molecule has 3 fully saturated rings. The second kappa shape index (κ2) is 6.09. The fourth-order valence-electron chi connectivity index (χ4n) is 6.80. The van der Waals surface area contributed by atoms with Gasteiger partial charge in [0.15, 0.2) is 3.67 Å². The van der Waals surface area contributed by atoms with Crippen molar-refractivity contribution >= 4 is 28.3 Å². The number of rotatable bonds is 3. The van der Waals surface area contributed by atoms with Crippen molar-refractivity contribution in [2.24, 2.45) is 0 Å². The quantitative estimate of drug-likeness (QED) is 0.230. The minimum atomic E-state index is -0.0598. The smallest absolute Gasteiger partial charge is 0.156 e. The number of benzene rings is 3. The van der Waals surface area contributed by atoms with Crippen LogP contribution < -0.4 is 5.32 Å². The van der Waals surface area contributed by atoms with Crippen molar-refractivity contribution < 1.29 is 0 Å². The van der Waals surface area contributed by atoms with Crippen LogP contribution in [0.15, 0.2) is 84.9 Å². The van der Waals surface area contributed by atoms with Crippen LogP contribution in [0.25, 0.3) is 0 Å². The van der Waals surface area contributed by atoms with Gasteiger partial charge in [0, 0.05) is 24.3 Å². The molecule has 1 N–H and O–H groups in total. The van der Waals surface area contributed by atoms with E-state index in [2.05, 4.69) is 123 Å². The summed E-state index contributed by atoms with van der Waals surface area (Å²) in [4.78, 5) is 5.55. The van der Waals surface area contributed by atoms with Gasteiger partial charge < -0.3 is 5.32 Å². The summed E-state index contributed by atoms with van der Waals surface area (Å²) < 4.78 is -0.0598. The van der Waals surface area contributed by atoms with Gasteiger partial charge >= 0.3 is 0 Å². The second-order valence-corrected chi connectivity index (χ2v) is 10.7. The van der Waals surface area contributed by atoms with Gasteiger partial charge in [-0.2, -0.15) is 0 Å². The number of alkyl halides is 1. The maximum atomic E-state index is 4.00. The molecule has 0 amide bonds. The Labute approximate surface area is 191 Å². The van der Waals surface area contributed by atoms with Gasteiger partial charge in [-0.05, 0) is 58.3 Å². The third-order valence-corrected chi connectivity index (χ3v) is 9.68. The molecule has 0 saturated carbocycles. The molecule has 4 heterocycles. The molecular formula is C26H24IN3. The first-order valence-corrected chi connectivity index (χ1v) is 12.0. The van der Waals surface area contributed by atoms with Crippen LogP contribution in [0.3, 0.4) is 0 Å². The van der Waals surface area contributed by atoms with E-state index in [9.17, 15) is 0 Å². The number of nitrogens with one attached hydrogen (secondary N) is 1. The zero-order chi connectivity index (χ0) is 19.9. The van der Waals surface area contributed by atoms with Crippen LogP contribution in [0, 0.1) is 0 Å². The highest BCUT2D eigenvalue weighted by Gasteiger charge is 2.83. The van der Waals surface area contributed by atoms with E-state index in [1.54, 1.807) is 0 Å². The summed E-state index contributed by atoms with van der Waals surface area (Å²) >= 11 is 2.76. The zero-order valence-electron chi connectivity index (χ0n) is 16.7. The largest absolute Gasteiger partial charge is 0.358 e. The summed E-state index contributed by atoms with van der Waals surface area (Å²) in [6.07, 6.45) is 1.21. The molecule has 3 aromatic carbocycles. The van der Waals surface area contributed by atoms with Crippen LogP contribution in [0.5, 0.6) is 0 Å². The third kappa shape index (κ3) is 2.07. The lowest BCUT2D eigenvalue weighted by atomic mass is 9.72. The molecule has 4 heteroatoms. The molecule has 3 aromatic rings. The number of likely N-dealkylation sites (tertiary alicyclic amines) is 1. The van der Waals surface area contributed by atoms with Gasteiger partial charge in [0.1, 0.15) is 0 Å². The van der Waals surface area contributed by atoms with E-state index < -0.39 is 0 Å². The maximum absolute atomic E-state index is 4.00. The van der Waals surface area contributed by atoms with Crippen molar-refractivity contribution in [1.29, 1.82) is 0 Å². The number of fused-ring (bicyclic) bond motifs is 4. The Morgan fingerprint density at radius 2 is 1.60 bits per heavy atom. The Morgan fingerprint density at radius 1 is 0.900 bits per heavy atom. The fourth-order valence-corrected chi connectivity index (χ4v) is 8.59. The van der Waals surface area contributed by atoms with Crippen molar-refractivity contribution in [3.8, 4) is 0 Å². The summed E-state index contributed by atoms with van der Waals surface area (Å²) in [5.74, 6) is 0. The third-order valence-electron chi connectivity index (χ3n) is 7.89. The number of para-hydroxylation sites is 1. The maximum Gasteiger partial charge on any atom is 0.156 e. The van der Waals surface area contributed by atoms with E-state index in [0.29, 0.717) is 18.1 Å². The first-order chi connectivity index (χ1) is 14.7. The molecule has 1 spiro atoms. The van der Waals surface area contributed by atoms with Crippen LogP contribution in [0.2, 0.25) is 0 Å². The Kier molecular flexibility index (Phi) is 3.60. The molecule has 0 radical (unpaired) electrons. The van der Waals surface area contributed by atoms with Crippen molar-refractivity contribution in [3.05, 3.63) is 102 Å². The second-order valence-electron chi connectivity index (χ2n) is 9.17. The summed E-state index contributed by atoms with van der Waals surface area (Å²) in [5.41, 5.74) is 5.88. The Balaban J connectivity index is 1.35. The highest BCUT2D eigenvalue weighted by atomic mass is 127. The topological polar surface area (TPSA) is 18.3 Å². The molecule has 3 saturated heterocycles. The minimum Gasteiger partial charge on any atom is -0.358 e. The van der Waals surface area contributed by atoms with E-state index in [1.165, 1.54) is 28.8 Å². The predicted molar refractivity (Wildman–Crippen MR) is 129 cm³/mol. The van der Waals surface area contributed by atoms with Gasteiger partial charge in [0.25, 0.3) is 0 Å². The predicted octanol–water partition coefficient (Wildman–Crippen LogP) is 5.15. The SMILES string of the molecule is IC12Nc3ccccc3[C@]13CCN(Cc1ccccc1)[C@@H]3C1C(c3ccccc3)N12. The number of hydrogen-bond acceptors (Lipinski definition) is 3. The van der Waals surface area contributed by atoms with Crippen molar-refractivity contribution in [1.82, 2.24) is 9.80 Å². The lowest BCUT2D eigenvalue weighted by Gasteiger charge is -2.41. The molecule has 4 aliphatic heterocycles. The molecule has 4 unspecified atom stereocenters. The summed E-state index contributed by atoms with van der Waals surface area (Å²) in [6, 6.07) is 32.8. The van der Waals surface area contributed by atoms with E-state index >= 15 is 0 Å². The molecule has 4 aliphatic rings. The van der Waals surface area contributed by atoms with E-state index in [-0.39, 0.29) is 9.08 Å². The molecule has 0 bridgehead atoms. The van der Waals surface area contributed by atoms with Crippen LogP contribution >= 0.6 is 22.6 Å². The van der Waals surface area contributed by atoms with Gasteiger partial charge in [0.05, 0.1) is 11.5 Å². The minimum absolute atomic E-state index is 0.0598.